The Morgan fingerprint density at radius 1 is 0.844 bits per heavy atom. The van der Waals surface area contributed by atoms with Gasteiger partial charge in [-0.15, -0.1) is 0 Å². The van der Waals surface area contributed by atoms with Gasteiger partial charge >= 0.3 is 0 Å². The molecule has 2 amide bonds. The van der Waals surface area contributed by atoms with Crippen LogP contribution in [-0.4, -0.2) is 25.5 Å². The van der Waals surface area contributed by atoms with Crippen molar-refractivity contribution in [3.05, 3.63) is 88.9 Å². The van der Waals surface area contributed by atoms with E-state index in [2.05, 4.69) is 10.9 Å². The van der Waals surface area contributed by atoms with Crippen LogP contribution in [0.1, 0.15) is 11.1 Å². The third-order valence-electron chi connectivity index (χ3n) is 4.38. The first-order chi connectivity index (χ1) is 15.5. The number of amides is 2. The molecule has 0 aromatic heterocycles. The summed E-state index contributed by atoms with van der Waals surface area (Å²) in [5.74, 6) is 0.812. The van der Waals surface area contributed by atoms with Crippen LogP contribution < -0.4 is 25.1 Å². The van der Waals surface area contributed by atoms with Crippen molar-refractivity contribution in [3.8, 4) is 17.2 Å². The smallest absolute Gasteiger partial charge is 0.276 e. The Kier molecular flexibility index (Phi) is 8.34. The zero-order valence-corrected chi connectivity index (χ0v) is 18.2. The molecule has 3 rings (SSSR count). The highest BCUT2D eigenvalue weighted by Crippen LogP contribution is 2.23. The molecule has 166 valence electrons. The fourth-order valence-corrected chi connectivity index (χ4v) is 2.99. The van der Waals surface area contributed by atoms with E-state index in [4.69, 9.17) is 25.8 Å². The van der Waals surface area contributed by atoms with Crippen LogP contribution in [-0.2, 0) is 22.6 Å². The third-order valence-corrected chi connectivity index (χ3v) is 4.61. The Morgan fingerprint density at radius 3 is 2.19 bits per heavy atom. The molecule has 0 unspecified atom stereocenters. The van der Waals surface area contributed by atoms with Gasteiger partial charge in [0.1, 0.15) is 23.9 Å². The van der Waals surface area contributed by atoms with Gasteiger partial charge in [0.25, 0.3) is 5.91 Å². The minimum atomic E-state index is -0.499. The number of carbonyl (C=O) groups is 2. The molecule has 0 aliphatic rings. The van der Waals surface area contributed by atoms with Crippen molar-refractivity contribution >= 4 is 23.4 Å². The van der Waals surface area contributed by atoms with Crippen molar-refractivity contribution in [1.29, 1.82) is 0 Å². The maximum Gasteiger partial charge on any atom is 0.276 e. The zero-order chi connectivity index (χ0) is 22.8. The molecule has 0 radical (unpaired) electrons. The number of carbonyl (C=O) groups excluding carboxylic acids is 2. The lowest BCUT2D eigenvalue weighted by Gasteiger charge is -2.11. The number of benzene rings is 3. The largest absolute Gasteiger partial charge is 0.496 e. The van der Waals surface area contributed by atoms with E-state index in [0.717, 1.165) is 5.56 Å². The number of nitrogens with one attached hydrogen (secondary N) is 2. The summed E-state index contributed by atoms with van der Waals surface area (Å²) < 4.78 is 16.3. The Labute approximate surface area is 191 Å². The molecule has 0 heterocycles. The Bertz CT molecular complexity index is 1040. The average Bonchev–Trinajstić information content (AvgIpc) is 2.81. The van der Waals surface area contributed by atoms with E-state index in [9.17, 15) is 9.59 Å². The lowest BCUT2D eigenvalue weighted by molar-refractivity contribution is -0.129. The Balaban J connectivity index is 1.39. The third kappa shape index (κ3) is 7.21. The van der Waals surface area contributed by atoms with Gasteiger partial charge in [0.15, 0.2) is 6.61 Å². The van der Waals surface area contributed by atoms with Crippen molar-refractivity contribution in [2.24, 2.45) is 0 Å². The molecular weight excluding hydrogens is 432 g/mol. The van der Waals surface area contributed by atoms with Gasteiger partial charge in [0.05, 0.1) is 13.5 Å². The van der Waals surface area contributed by atoms with Crippen molar-refractivity contribution in [2.45, 2.75) is 13.0 Å². The second-order valence-electron chi connectivity index (χ2n) is 6.76. The molecule has 2 N–H and O–H groups in total. The fraction of sp³-hybridized carbons (Fsp3) is 0.167. The predicted molar refractivity (Wildman–Crippen MR) is 121 cm³/mol. The van der Waals surface area contributed by atoms with Crippen LogP contribution in [0.3, 0.4) is 0 Å². The van der Waals surface area contributed by atoms with E-state index >= 15 is 0 Å². The molecule has 0 aliphatic heterocycles. The molecule has 7 nitrogen and oxygen atoms in total. The second-order valence-corrected chi connectivity index (χ2v) is 7.20. The van der Waals surface area contributed by atoms with Crippen LogP contribution in [0.4, 0.5) is 0 Å². The van der Waals surface area contributed by atoms with E-state index in [1.54, 1.807) is 42.5 Å². The standard InChI is InChI=1S/C24H23ClN2O5/c1-30-22-12-7-19(25)13-18(22)14-23(28)26-27-24(29)16-32-21-10-8-20(9-11-21)31-15-17-5-3-2-4-6-17/h2-13H,14-16H2,1H3,(H,26,28)(H,27,29). The molecule has 3 aromatic carbocycles. The van der Waals surface area contributed by atoms with Crippen molar-refractivity contribution in [3.63, 3.8) is 0 Å². The molecule has 8 heteroatoms. The van der Waals surface area contributed by atoms with Gasteiger partial charge < -0.3 is 14.2 Å². The monoisotopic (exact) mass is 454 g/mol. The molecular formula is C24H23ClN2O5. The lowest BCUT2D eigenvalue weighted by Crippen LogP contribution is -2.44. The van der Waals surface area contributed by atoms with Gasteiger partial charge in [0.2, 0.25) is 5.91 Å². The van der Waals surface area contributed by atoms with Crippen LogP contribution in [0.25, 0.3) is 0 Å². The molecule has 3 aromatic rings. The molecule has 0 saturated carbocycles. The number of methoxy groups -OCH3 is 1. The van der Waals surface area contributed by atoms with Crippen LogP contribution in [0.5, 0.6) is 17.2 Å². The van der Waals surface area contributed by atoms with E-state index in [1.165, 1.54) is 7.11 Å². The summed E-state index contributed by atoms with van der Waals surface area (Å²) in [4.78, 5) is 24.0. The van der Waals surface area contributed by atoms with Crippen molar-refractivity contribution in [1.82, 2.24) is 10.9 Å². The van der Waals surface area contributed by atoms with Gasteiger partial charge in [-0.2, -0.15) is 0 Å². The van der Waals surface area contributed by atoms with Crippen molar-refractivity contribution in [2.75, 3.05) is 13.7 Å². The van der Waals surface area contributed by atoms with Crippen LogP contribution in [0, 0.1) is 0 Å². The summed E-state index contributed by atoms with van der Waals surface area (Å²) in [6, 6.07) is 21.8. The van der Waals surface area contributed by atoms with Crippen LogP contribution in [0.15, 0.2) is 72.8 Å². The van der Waals surface area contributed by atoms with Gasteiger partial charge in [-0.25, -0.2) is 0 Å². The minimum absolute atomic E-state index is 0.00465. The number of hydrogen-bond acceptors (Lipinski definition) is 5. The first-order valence-corrected chi connectivity index (χ1v) is 10.2. The fourth-order valence-electron chi connectivity index (χ4n) is 2.80. The summed E-state index contributed by atoms with van der Waals surface area (Å²) >= 11 is 5.96. The maximum absolute atomic E-state index is 12.1. The highest BCUT2D eigenvalue weighted by atomic mass is 35.5. The van der Waals surface area contributed by atoms with E-state index in [1.807, 2.05) is 30.3 Å². The summed E-state index contributed by atoms with van der Waals surface area (Å²) in [5, 5.41) is 0.488. The van der Waals surface area contributed by atoms with E-state index < -0.39 is 11.8 Å². The van der Waals surface area contributed by atoms with Crippen molar-refractivity contribution < 1.29 is 23.8 Å². The Hall–Kier alpha value is -3.71. The van der Waals surface area contributed by atoms with E-state index in [-0.39, 0.29) is 13.0 Å². The number of ether oxygens (including phenoxy) is 3. The SMILES string of the molecule is COc1ccc(Cl)cc1CC(=O)NNC(=O)COc1ccc(OCc2ccccc2)cc1. The molecule has 0 saturated heterocycles. The summed E-state index contributed by atoms with van der Waals surface area (Å²) in [6.07, 6.45) is -0.00465. The first kappa shape index (κ1) is 23.0. The molecule has 0 aliphatic carbocycles. The summed E-state index contributed by atoms with van der Waals surface area (Å²) in [7, 11) is 1.51. The topological polar surface area (TPSA) is 85.9 Å². The molecule has 32 heavy (non-hydrogen) atoms. The molecule has 0 atom stereocenters. The number of hydrazine groups is 1. The number of rotatable bonds is 9. The second kappa shape index (κ2) is 11.6. The van der Waals surface area contributed by atoms with Gasteiger partial charge in [-0.05, 0) is 48.0 Å². The first-order valence-electron chi connectivity index (χ1n) is 9.83. The highest BCUT2D eigenvalue weighted by molar-refractivity contribution is 6.30. The van der Waals surface area contributed by atoms with Crippen LogP contribution in [0.2, 0.25) is 5.02 Å². The van der Waals surface area contributed by atoms with Gasteiger partial charge in [0, 0.05) is 10.6 Å². The molecule has 0 spiro atoms. The summed E-state index contributed by atoms with van der Waals surface area (Å²) in [5.41, 5.74) is 6.33. The Morgan fingerprint density at radius 2 is 1.50 bits per heavy atom. The average molecular weight is 455 g/mol. The van der Waals surface area contributed by atoms with Gasteiger partial charge in [-0.1, -0.05) is 41.9 Å². The number of hydrogen-bond donors (Lipinski definition) is 2. The predicted octanol–water partition coefficient (Wildman–Crippen LogP) is 3.70. The number of halogens is 1. The van der Waals surface area contributed by atoms with Gasteiger partial charge in [-0.3, -0.25) is 20.4 Å². The molecule has 0 bridgehead atoms. The summed E-state index contributed by atoms with van der Waals surface area (Å²) in [6.45, 7) is 0.204. The quantitative estimate of drug-likeness (QED) is 0.481. The van der Waals surface area contributed by atoms with Crippen LogP contribution >= 0.6 is 11.6 Å². The lowest BCUT2D eigenvalue weighted by atomic mass is 10.1. The zero-order valence-electron chi connectivity index (χ0n) is 17.5. The molecule has 0 fully saturated rings. The normalized spacial score (nSPS) is 10.2. The minimum Gasteiger partial charge on any atom is -0.496 e. The maximum atomic E-state index is 12.1. The van der Waals surface area contributed by atoms with E-state index in [0.29, 0.717) is 34.4 Å². The highest BCUT2D eigenvalue weighted by Gasteiger charge is 2.11.